The molecule has 0 unspecified atom stereocenters. The Morgan fingerprint density at radius 2 is 1.95 bits per heavy atom. The number of carbonyl (C=O) groups is 1. The first kappa shape index (κ1) is 30.2. The van der Waals surface area contributed by atoms with E-state index in [0.717, 1.165) is 16.0 Å². The van der Waals surface area contributed by atoms with Gasteiger partial charge >= 0.3 is 12.1 Å². The topological polar surface area (TPSA) is 60.4 Å². The molecule has 0 bridgehead atoms. The van der Waals surface area contributed by atoms with E-state index in [2.05, 4.69) is 16.3 Å². The second-order valence-electron chi connectivity index (χ2n) is 8.07. The Bertz CT molecular complexity index is 1140. The molecule has 0 aromatic heterocycles. The van der Waals surface area contributed by atoms with Crippen molar-refractivity contribution >= 4 is 29.1 Å². The lowest BCUT2D eigenvalue weighted by Crippen LogP contribution is -2.38. The zero-order valence-corrected chi connectivity index (χ0v) is 22.4. The number of allylic oxidation sites excluding steroid dienone is 1. The van der Waals surface area contributed by atoms with E-state index in [9.17, 15) is 18.0 Å². The highest BCUT2D eigenvalue weighted by Crippen LogP contribution is 2.43. The smallest absolute Gasteiger partial charge is 0.431 e. The molecule has 0 N–H and O–H groups in total. The van der Waals surface area contributed by atoms with Gasteiger partial charge in [0.2, 0.25) is 0 Å². The molecule has 0 aliphatic carbocycles. The lowest BCUT2D eigenvalue weighted by atomic mass is 9.95. The summed E-state index contributed by atoms with van der Waals surface area (Å²) in [5.74, 6) is 0.596. The van der Waals surface area contributed by atoms with E-state index in [1.54, 1.807) is 32.2 Å². The number of methoxy groups -OCH3 is 1. The van der Waals surface area contributed by atoms with Crippen molar-refractivity contribution < 1.29 is 32.2 Å². The minimum atomic E-state index is -4.64. The van der Waals surface area contributed by atoms with Crippen molar-refractivity contribution in [3.63, 3.8) is 0 Å². The van der Waals surface area contributed by atoms with Crippen LogP contribution in [0.4, 0.5) is 18.9 Å². The molecular formula is C27H32ClF3N2O4. The van der Waals surface area contributed by atoms with Gasteiger partial charge in [-0.15, -0.1) is 0 Å². The van der Waals surface area contributed by atoms with Crippen molar-refractivity contribution in [3.8, 4) is 5.75 Å². The maximum atomic E-state index is 13.7. The number of benzene rings is 2. The largest absolute Gasteiger partial charge is 0.496 e. The molecule has 0 fully saturated rings. The second-order valence-corrected chi connectivity index (χ2v) is 8.51. The van der Waals surface area contributed by atoms with Gasteiger partial charge in [0.05, 0.1) is 19.4 Å². The Morgan fingerprint density at radius 3 is 2.49 bits per heavy atom. The Balaban J connectivity index is 0.000000717. The van der Waals surface area contributed by atoms with Crippen LogP contribution in [-0.2, 0) is 14.3 Å². The van der Waals surface area contributed by atoms with Crippen LogP contribution in [0.25, 0.3) is 0 Å². The van der Waals surface area contributed by atoms with Gasteiger partial charge in [-0.1, -0.05) is 37.2 Å². The molecule has 0 spiro atoms. The van der Waals surface area contributed by atoms with E-state index < -0.39 is 18.0 Å². The number of aliphatic imine (C=N–C) groups is 1. The third kappa shape index (κ3) is 7.72. The predicted molar refractivity (Wildman–Crippen MR) is 140 cm³/mol. The van der Waals surface area contributed by atoms with Crippen molar-refractivity contribution in [3.05, 3.63) is 70.4 Å². The van der Waals surface area contributed by atoms with E-state index in [1.807, 2.05) is 32.0 Å². The number of ether oxygens (including phenoxy) is 3. The molecule has 3 rings (SSSR count). The van der Waals surface area contributed by atoms with Crippen molar-refractivity contribution in [1.82, 2.24) is 0 Å². The van der Waals surface area contributed by atoms with Gasteiger partial charge in [0, 0.05) is 24.1 Å². The number of rotatable bonds is 6. The molecule has 2 aromatic rings. The van der Waals surface area contributed by atoms with Gasteiger partial charge in [-0.05, 0) is 55.7 Å². The number of halogens is 4. The average molecular weight is 541 g/mol. The first-order valence-electron chi connectivity index (χ1n) is 11.7. The first-order valence-corrected chi connectivity index (χ1v) is 12.1. The Hall–Kier alpha value is -3.04. The van der Waals surface area contributed by atoms with Crippen molar-refractivity contribution in [2.45, 2.75) is 46.4 Å². The minimum Gasteiger partial charge on any atom is -0.496 e. The molecule has 6 nitrogen and oxygen atoms in total. The number of anilines is 1. The zero-order valence-electron chi connectivity index (χ0n) is 21.6. The first-order chi connectivity index (χ1) is 17.5. The summed E-state index contributed by atoms with van der Waals surface area (Å²) in [6.45, 7) is 11.0. The molecule has 1 atom stereocenters. The summed E-state index contributed by atoms with van der Waals surface area (Å²) in [4.78, 5) is 15.2. The van der Waals surface area contributed by atoms with Crippen LogP contribution in [0.5, 0.6) is 5.75 Å². The van der Waals surface area contributed by atoms with Gasteiger partial charge in [-0.25, -0.2) is 0 Å². The van der Waals surface area contributed by atoms with Gasteiger partial charge < -0.3 is 14.2 Å². The SMILES string of the molecule is C=C(N1C(=NCCC)CO[C@H](c2cccc(OC)c2C)c2cc(Cl)ccc21)C(F)(F)F.CCOC(C)=O. The molecule has 37 heavy (non-hydrogen) atoms. The van der Waals surface area contributed by atoms with Crippen LogP contribution < -0.4 is 9.64 Å². The maximum absolute atomic E-state index is 13.7. The van der Waals surface area contributed by atoms with Gasteiger partial charge in [-0.2, -0.15) is 13.2 Å². The van der Waals surface area contributed by atoms with E-state index in [1.165, 1.54) is 6.92 Å². The number of carbonyl (C=O) groups excluding carboxylic acids is 1. The Morgan fingerprint density at radius 1 is 1.24 bits per heavy atom. The van der Waals surface area contributed by atoms with Crippen LogP contribution in [0, 0.1) is 6.92 Å². The summed E-state index contributed by atoms with van der Waals surface area (Å²) in [6, 6.07) is 10.2. The minimum absolute atomic E-state index is 0.122. The van der Waals surface area contributed by atoms with Crippen LogP contribution >= 0.6 is 11.6 Å². The van der Waals surface area contributed by atoms with Crippen LogP contribution in [0.1, 0.15) is 50.0 Å². The number of alkyl halides is 3. The van der Waals surface area contributed by atoms with Gasteiger partial charge in [0.15, 0.2) is 0 Å². The van der Waals surface area contributed by atoms with Gasteiger partial charge in [0.1, 0.15) is 30.0 Å². The number of hydrogen-bond acceptors (Lipinski definition) is 5. The monoisotopic (exact) mass is 540 g/mol. The number of esters is 1. The molecule has 0 saturated carbocycles. The zero-order chi connectivity index (χ0) is 27.8. The molecule has 0 amide bonds. The number of hydrogen-bond donors (Lipinski definition) is 0. The van der Waals surface area contributed by atoms with E-state index in [-0.39, 0.29) is 24.1 Å². The molecule has 1 heterocycles. The summed E-state index contributed by atoms with van der Waals surface area (Å²) >= 11 is 6.24. The van der Waals surface area contributed by atoms with Crippen molar-refractivity contribution in [2.24, 2.45) is 4.99 Å². The lowest BCUT2D eigenvalue weighted by molar-refractivity contribution is -0.140. The van der Waals surface area contributed by atoms with Gasteiger partial charge in [0.25, 0.3) is 0 Å². The molecule has 1 aliphatic heterocycles. The fourth-order valence-electron chi connectivity index (χ4n) is 3.77. The molecule has 202 valence electrons. The molecule has 0 saturated heterocycles. The normalized spacial score (nSPS) is 16.3. The Labute approximate surface area is 220 Å². The molecule has 1 aliphatic rings. The number of fused-ring (bicyclic) bond motifs is 1. The number of nitrogens with zero attached hydrogens (tertiary/aromatic N) is 2. The standard InChI is InChI=1S/C23H24ClF3N2O2.C4H8O2/c1-5-11-28-21-13-31-22(17-7-6-8-20(30-4)14(17)2)18-12-16(24)9-10-19(18)29(21)15(3)23(25,26)27;1-3-6-4(2)5/h6-10,12,22H,3,5,11,13H2,1-2,4H3;3H2,1-2H3/t22-;/m1./s1. The van der Waals surface area contributed by atoms with Crippen molar-refractivity contribution in [1.29, 1.82) is 0 Å². The van der Waals surface area contributed by atoms with E-state index >= 15 is 0 Å². The maximum Gasteiger partial charge on any atom is 0.431 e. The fraction of sp³-hybridized carbons (Fsp3) is 0.407. The molecule has 0 radical (unpaired) electrons. The third-order valence-corrected chi connectivity index (χ3v) is 5.68. The predicted octanol–water partition coefficient (Wildman–Crippen LogP) is 7.04. The molecule has 10 heteroatoms. The quantitative estimate of drug-likeness (QED) is 0.368. The van der Waals surface area contributed by atoms with E-state index in [0.29, 0.717) is 35.9 Å². The average Bonchev–Trinajstić information content (AvgIpc) is 2.98. The molecule has 2 aromatic carbocycles. The summed E-state index contributed by atoms with van der Waals surface area (Å²) in [5.41, 5.74) is 1.35. The summed E-state index contributed by atoms with van der Waals surface area (Å²) < 4.78 is 57.2. The van der Waals surface area contributed by atoms with Crippen LogP contribution in [0.15, 0.2) is 53.7 Å². The third-order valence-electron chi connectivity index (χ3n) is 5.44. The Kier molecular flexibility index (Phi) is 11.0. The number of amidine groups is 1. The van der Waals surface area contributed by atoms with Crippen LogP contribution in [-0.4, -0.2) is 44.8 Å². The summed E-state index contributed by atoms with van der Waals surface area (Å²) in [6.07, 6.45) is -4.63. The highest BCUT2D eigenvalue weighted by molar-refractivity contribution is 6.30. The highest BCUT2D eigenvalue weighted by Gasteiger charge is 2.41. The highest BCUT2D eigenvalue weighted by atomic mass is 35.5. The van der Waals surface area contributed by atoms with Crippen LogP contribution in [0.2, 0.25) is 5.02 Å². The van der Waals surface area contributed by atoms with Gasteiger partial charge in [-0.3, -0.25) is 14.7 Å². The van der Waals surface area contributed by atoms with E-state index in [4.69, 9.17) is 21.1 Å². The molecular weight excluding hydrogens is 509 g/mol. The second kappa shape index (κ2) is 13.5. The lowest BCUT2D eigenvalue weighted by Gasteiger charge is -2.29. The summed E-state index contributed by atoms with van der Waals surface area (Å²) in [7, 11) is 1.56. The fourth-order valence-corrected chi connectivity index (χ4v) is 3.95. The van der Waals surface area contributed by atoms with Crippen LogP contribution in [0.3, 0.4) is 0 Å². The summed E-state index contributed by atoms with van der Waals surface area (Å²) in [5, 5.41) is 0.388. The van der Waals surface area contributed by atoms with Crippen molar-refractivity contribution in [2.75, 3.05) is 31.8 Å².